The van der Waals surface area contributed by atoms with Crippen LogP contribution in [0.4, 0.5) is 0 Å². The summed E-state index contributed by atoms with van der Waals surface area (Å²) in [5, 5.41) is 13.5. The minimum atomic E-state index is -0.0824. The van der Waals surface area contributed by atoms with Crippen LogP contribution in [0.1, 0.15) is 27.9 Å². The molecule has 2 heterocycles. The fraction of sp³-hybridized carbons (Fsp3) is 0.304. The molecule has 1 saturated heterocycles. The van der Waals surface area contributed by atoms with E-state index in [-0.39, 0.29) is 5.91 Å². The van der Waals surface area contributed by atoms with Crippen LogP contribution in [0.2, 0.25) is 0 Å². The molecule has 1 fully saturated rings. The van der Waals surface area contributed by atoms with Crippen molar-refractivity contribution in [3.8, 4) is 17.0 Å². The Morgan fingerprint density at radius 1 is 1.17 bits per heavy atom. The number of nitrogens with one attached hydrogen (secondary N) is 3. The van der Waals surface area contributed by atoms with Gasteiger partial charge in [-0.15, -0.1) is 0 Å². The van der Waals surface area contributed by atoms with Crippen molar-refractivity contribution >= 4 is 5.91 Å². The Morgan fingerprint density at radius 3 is 2.66 bits per heavy atom. The Labute approximate surface area is 170 Å². The molecule has 3 aromatic rings. The van der Waals surface area contributed by atoms with Crippen molar-refractivity contribution in [2.24, 2.45) is 5.92 Å². The molecule has 1 aliphatic heterocycles. The highest BCUT2D eigenvalue weighted by molar-refractivity contribution is 5.94. The molecule has 150 valence electrons. The summed E-state index contributed by atoms with van der Waals surface area (Å²) in [5.41, 5.74) is 4.79. The molecule has 1 aliphatic rings. The molecule has 0 bridgehead atoms. The van der Waals surface area contributed by atoms with E-state index in [9.17, 15) is 4.79 Å². The number of benzene rings is 2. The first kappa shape index (κ1) is 19.2. The van der Waals surface area contributed by atoms with Gasteiger partial charge in [-0.25, -0.2) is 0 Å². The number of rotatable bonds is 7. The molecule has 2 aromatic carbocycles. The summed E-state index contributed by atoms with van der Waals surface area (Å²) in [5.74, 6) is 1.42. The first-order valence-electron chi connectivity index (χ1n) is 9.97. The number of hydrogen-bond acceptors (Lipinski definition) is 4. The molecule has 3 N–H and O–H groups in total. The van der Waals surface area contributed by atoms with Gasteiger partial charge in [0.15, 0.2) is 0 Å². The fourth-order valence-electron chi connectivity index (χ4n) is 3.74. The van der Waals surface area contributed by atoms with Gasteiger partial charge in [0.2, 0.25) is 0 Å². The van der Waals surface area contributed by atoms with Gasteiger partial charge in [-0.05, 0) is 73.8 Å². The Hall–Kier alpha value is -3.12. The van der Waals surface area contributed by atoms with Crippen molar-refractivity contribution in [2.75, 3.05) is 20.2 Å². The number of ether oxygens (including phenoxy) is 1. The molecule has 6 heteroatoms. The summed E-state index contributed by atoms with van der Waals surface area (Å²) in [6.45, 7) is 2.60. The molecule has 0 spiro atoms. The average Bonchev–Trinajstić information content (AvgIpc) is 3.44. The maximum absolute atomic E-state index is 12.6. The van der Waals surface area contributed by atoms with E-state index >= 15 is 0 Å². The third kappa shape index (κ3) is 4.66. The number of aromatic amines is 1. The Morgan fingerprint density at radius 2 is 1.97 bits per heavy atom. The lowest BCUT2D eigenvalue weighted by atomic mass is 9.98. The van der Waals surface area contributed by atoms with Crippen LogP contribution < -0.4 is 15.4 Å². The molecule has 0 saturated carbocycles. The van der Waals surface area contributed by atoms with Gasteiger partial charge in [-0.2, -0.15) is 5.10 Å². The maximum atomic E-state index is 12.6. The van der Waals surface area contributed by atoms with Crippen molar-refractivity contribution in [3.05, 3.63) is 71.4 Å². The van der Waals surface area contributed by atoms with Gasteiger partial charge in [0.05, 0.1) is 19.0 Å². The van der Waals surface area contributed by atoms with E-state index < -0.39 is 0 Å². The lowest BCUT2D eigenvalue weighted by Crippen LogP contribution is -2.22. The number of methoxy groups -OCH3 is 1. The highest BCUT2D eigenvalue weighted by atomic mass is 16.5. The first-order chi connectivity index (χ1) is 14.2. The second-order valence-electron chi connectivity index (χ2n) is 7.44. The minimum absolute atomic E-state index is 0.0824. The smallest absolute Gasteiger partial charge is 0.251 e. The molecule has 0 aliphatic carbocycles. The van der Waals surface area contributed by atoms with Crippen LogP contribution >= 0.6 is 0 Å². The SMILES string of the molecule is COc1ccc(-c2[nH]ncc2CNC(=O)c2ccc(CC3CCNC3)cc2)cc1. The van der Waals surface area contributed by atoms with Crippen LogP contribution in [-0.2, 0) is 13.0 Å². The predicted octanol–water partition coefficient (Wildman–Crippen LogP) is 3.17. The number of aromatic nitrogens is 2. The Kier molecular flexibility index (Phi) is 5.91. The van der Waals surface area contributed by atoms with Crippen LogP contribution in [0.5, 0.6) is 5.75 Å². The number of carbonyl (C=O) groups excluding carboxylic acids is 1. The van der Waals surface area contributed by atoms with Crippen molar-refractivity contribution < 1.29 is 9.53 Å². The standard InChI is InChI=1S/C23H26N4O2/c1-29-21-8-6-18(7-9-21)22-20(15-26-27-22)14-25-23(28)19-4-2-16(3-5-19)12-17-10-11-24-13-17/h2-9,15,17,24H,10-14H2,1H3,(H,25,28)(H,26,27). The number of nitrogens with zero attached hydrogens (tertiary/aromatic N) is 1. The van der Waals surface area contributed by atoms with Gasteiger partial charge in [0.1, 0.15) is 5.75 Å². The van der Waals surface area contributed by atoms with E-state index in [4.69, 9.17) is 4.74 Å². The lowest BCUT2D eigenvalue weighted by Gasteiger charge is -2.10. The lowest BCUT2D eigenvalue weighted by molar-refractivity contribution is 0.0951. The number of hydrogen-bond donors (Lipinski definition) is 3. The number of amides is 1. The molecule has 0 radical (unpaired) electrons. The summed E-state index contributed by atoms with van der Waals surface area (Å²) in [6.07, 6.45) is 4.04. The largest absolute Gasteiger partial charge is 0.497 e. The zero-order chi connectivity index (χ0) is 20.1. The molecule has 1 atom stereocenters. The zero-order valence-corrected chi connectivity index (χ0v) is 16.6. The van der Waals surface area contributed by atoms with Crippen molar-refractivity contribution in [1.29, 1.82) is 0 Å². The van der Waals surface area contributed by atoms with Gasteiger partial charge in [-0.3, -0.25) is 9.89 Å². The van der Waals surface area contributed by atoms with Gasteiger partial charge < -0.3 is 15.4 Å². The molecular weight excluding hydrogens is 364 g/mol. The predicted molar refractivity (Wildman–Crippen MR) is 113 cm³/mol. The quantitative estimate of drug-likeness (QED) is 0.579. The monoisotopic (exact) mass is 390 g/mol. The molecule has 1 unspecified atom stereocenters. The third-order valence-corrected chi connectivity index (χ3v) is 5.44. The molecule has 6 nitrogen and oxygen atoms in total. The highest BCUT2D eigenvalue weighted by Crippen LogP contribution is 2.23. The third-order valence-electron chi connectivity index (χ3n) is 5.44. The van der Waals surface area contributed by atoms with E-state index in [1.807, 2.05) is 36.4 Å². The normalized spacial score (nSPS) is 16.0. The van der Waals surface area contributed by atoms with Crippen LogP contribution in [0.3, 0.4) is 0 Å². The van der Waals surface area contributed by atoms with E-state index in [0.717, 1.165) is 42.1 Å². The van der Waals surface area contributed by atoms with Crippen molar-refractivity contribution in [1.82, 2.24) is 20.8 Å². The van der Waals surface area contributed by atoms with Gasteiger partial charge in [0, 0.05) is 23.2 Å². The Balaban J connectivity index is 1.36. The summed E-state index contributed by atoms with van der Waals surface area (Å²) >= 11 is 0. The molecule has 29 heavy (non-hydrogen) atoms. The van der Waals surface area contributed by atoms with E-state index in [0.29, 0.717) is 18.0 Å². The van der Waals surface area contributed by atoms with E-state index in [1.165, 1.54) is 12.0 Å². The second kappa shape index (κ2) is 8.92. The average molecular weight is 390 g/mol. The number of carbonyl (C=O) groups is 1. The summed E-state index contributed by atoms with van der Waals surface area (Å²) in [6, 6.07) is 15.7. The Bertz CT molecular complexity index is 942. The summed E-state index contributed by atoms with van der Waals surface area (Å²) in [7, 11) is 1.64. The van der Waals surface area contributed by atoms with Gasteiger partial charge in [-0.1, -0.05) is 12.1 Å². The molecular formula is C23H26N4O2. The summed E-state index contributed by atoms with van der Waals surface area (Å²) in [4.78, 5) is 12.6. The topological polar surface area (TPSA) is 79.0 Å². The van der Waals surface area contributed by atoms with Crippen molar-refractivity contribution in [2.45, 2.75) is 19.4 Å². The first-order valence-corrected chi connectivity index (χ1v) is 9.97. The van der Waals surface area contributed by atoms with Gasteiger partial charge >= 0.3 is 0 Å². The van der Waals surface area contributed by atoms with Crippen molar-refractivity contribution in [3.63, 3.8) is 0 Å². The van der Waals surface area contributed by atoms with Crippen LogP contribution in [0, 0.1) is 5.92 Å². The van der Waals surface area contributed by atoms with Gasteiger partial charge in [0.25, 0.3) is 5.91 Å². The van der Waals surface area contributed by atoms with E-state index in [1.54, 1.807) is 13.3 Å². The second-order valence-corrected chi connectivity index (χ2v) is 7.44. The molecule has 4 rings (SSSR count). The number of H-pyrrole nitrogens is 1. The highest BCUT2D eigenvalue weighted by Gasteiger charge is 2.15. The van der Waals surface area contributed by atoms with Crippen LogP contribution in [0.15, 0.2) is 54.7 Å². The van der Waals surface area contributed by atoms with E-state index in [2.05, 4.69) is 33.0 Å². The zero-order valence-electron chi connectivity index (χ0n) is 16.6. The van der Waals surface area contributed by atoms with Crippen LogP contribution in [-0.4, -0.2) is 36.3 Å². The van der Waals surface area contributed by atoms with Crippen LogP contribution in [0.25, 0.3) is 11.3 Å². The summed E-state index contributed by atoms with van der Waals surface area (Å²) < 4.78 is 5.20. The molecule has 1 aromatic heterocycles. The fourth-order valence-corrected chi connectivity index (χ4v) is 3.74. The maximum Gasteiger partial charge on any atom is 0.251 e. The molecule has 1 amide bonds. The minimum Gasteiger partial charge on any atom is -0.497 e.